The molecule has 0 aromatic heterocycles. The molecule has 8 nitrogen and oxygen atoms in total. The number of rotatable bonds is 9. The summed E-state index contributed by atoms with van der Waals surface area (Å²) in [6.07, 6.45) is 5.69. The van der Waals surface area contributed by atoms with Crippen molar-refractivity contribution < 1.29 is 27.5 Å². The monoisotopic (exact) mass is 522 g/mol. The number of methoxy groups -OCH3 is 1. The summed E-state index contributed by atoms with van der Waals surface area (Å²) in [5.41, 5.74) is -0.880. The first-order valence-corrected chi connectivity index (χ1v) is 11.6. The van der Waals surface area contributed by atoms with Gasteiger partial charge in [-0.1, -0.05) is 39.5 Å². The van der Waals surface area contributed by atoms with Crippen molar-refractivity contribution in [2.45, 2.75) is 30.4 Å². The second-order valence-electron chi connectivity index (χ2n) is 6.97. The van der Waals surface area contributed by atoms with Gasteiger partial charge in [-0.15, -0.1) is 6.42 Å². The van der Waals surface area contributed by atoms with Gasteiger partial charge in [0.25, 0.3) is 0 Å². The third kappa shape index (κ3) is 6.56. The molecule has 0 aliphatic carbocycles. The minimum Gasteiger partial charge on any atom is -0.473 e. The summed E-state index contributed by atoms with van der Waals surface area (Å²) in [7, 11) is -3.01. The minimum atomic E-state index is -4.17. The van der Waals surface area contributed by atoms with Crippen molar-refractivity contribution in [2.75, 3.05) is 13.7 Å². The maximum atomic E-state index is 13.0. The molecular weight excluding hydrogens is 500 g/mol. The fraction of sp³-hybridized carbons (Fsp3) is 0.273. The number of carbonyl (C=O) groups excluding carboxylic acids is 2. The maximum Gasteiger partial charge on any atom is 0.325 e. The SMILES string of the molecule is C#C[C@@](C)(Oc1ccc(Br)cc1)[C@H](NS(=O)(=O)c1ccc(C)cc1)C(=O)NCC(=O)OC. The van der Waals surface area contributed by atoms with Crippen LogP contribution in [0.1, 0.15) is 12.5 Å². The smallest absolute Gasteiger partial charge is 0.325 e. The van der Waals surface area contributed by atoms with Gasteiger partial charge in [0, 0.05) is 4.47 Å². The van der Waals surface area contributed by atoms with Crippen molar-refractivity contribution in [3.05, 3.63) is 58.6 Å². The van der Waals surface area contributed by atoms with Crippen LogP contribution in [0, 0.1) is 19.3 Å². The molecule has 170 valence electrons. The molecule has 1 amide bonds. The summed E-state index contributed by atoms with van der Waals surface area (Å²) in [6, 6.07) is 11.1. The van der Waals surface area contributed by atoms with Crippen LogP contribution in [-0.2, 0) is 24.3 Å². The molecule has 2 atom stereocenters. The van der Waals surface area contributed by atoms with Gasteiger partial charge in [0.2, 0.25) is 15.9 Å². The standard InChI is InChI=1S/C22H23BrN2O6S/c1-5-22(3,31-17-10-8-16(23)9-11-17)20(21(27)24-14-19(26)30-4)25-32(28,29)18-12-6-15(2)7-13-18/h1,6-13,20,25H,14H2,2-4H3,(H,24,27)/t20-,22-/m1/s1. The molecule has 0 saturated heterocycles. The van der Waals surface area contributed by atoms with Gasteiger partial charge in [-0.25, -0.2) is 8.42 Å². The highest BCUT2D eigenvalue weighted by molar-refractivity contribution is 9.10. The fourth-order valence-electron chi connectivity index (χ4n) is 2.61. The maximum absolute atomic E-state index is 13.0. The molecule has 0 aliphatic heterocycles. The molecule has 0 spiro atoms. The zero-order valence-corrected chi connectivity index (χ0v) is 20.1. The molecule has 0 heterocycles. The van der Waals surface area contributed by atoms with Crippen LogP contribution < -0.4 is 14.8 Å². The molecule has 2 N–H and O–H groups in total. The Balaban J connectivity index is 2.42. The number of ether oxygens (including phenoxy) is 2. The van der Waals surface area contributed by atoms with Gasteiger partial charge in [0.1, 0.15) is 12.3 Å². The number of sulfonamides is 1. The van der Waals surface area contributed by atoms with Gasteiger partial charge >= 0.3 is 5.97 Å². The Morgan fingerprint density at radius 3 is 2.28 bits per heavy atom. The van der Waals surface area contributed by atoms with Crippen molar-refractivity contribution in [3.63, 3.8) is 0 Å². The van der Waals surface area contributed by atoms with Crippen LogP contribution in [0.4, 0.5) is 0 Å². The zero-order chi connectivity index (χ0) is 23.9. The van der Waals surface area contributed by atoms with E-state index < -0.39 is 40.1 Å². The molecule has 2 aromatic carbocycles. The molecule has 0 fully saturated rings. The molecule has 32 heavy (non-hydrogen) atoms. The third-order valence-corrected chi connectivity index (χ3v) is 6.45. The molecular formula is C22H23BrN2O6S. The van der Waals surface area contributed by atoms with Crippen molar-refractivity contribution in [1.29, 1.82) is 0 Å². The minimum absolute atomic E-state index is 0.0584. The van der Waals surface area contributed by atoms with E-state index in [2.05, 4.69) is 36.6 Å². The van der Waals surface area contributed by atoms with Crippen molar-refractivity contribution in [3.8, 4) is 18.1 Å². The number of aryl methyl sites for hydroxylation is 1. The molecule has 0 aliphatic rings. The van der Waals surface area contributed by atoms with Crippen LogP contribution in [0.3, 0.4) is 0 Å². The Labute approximate surface area is 195 Å². The summed E-state index contributed by atoms with van der Waals surface area (Å²) >= 11 is 3.31. The van der Waals surface area contributed by atoms with Crippen LogP contribution in [0.25, 0.3) is 0 Å². The predicted molar refractivity (Wildman–Crippen MR) is 122 cm³/mol. The van der Waals surface area contributed by atoms with Gasteiger partial charge in [0.05, 0.1) is 12.0 Å². The Morgan fingerprint density at radius 1 is 1.16 bits per heavy atom. The average Bonchev–Trinajstić information content (AvgIpc) is 2.77. The van der Waals surface area contributed by atoms with E-state index in [-0.39, 0.29) is 4.90 Å². The number of benzene rings is 2. The first kappa shape index (κ1) is 25.4. The first-order valence-electron chi connectivity index (χ1n) is 9.36. The Kier molecular flexibility index (Phi) is 8.44. The van der Waals surface area contributed by atoms with E-state index in [1.807, 2.05) is 6.92 Å². The van der Waals surface area contributed by atoms with E-state index in [4.69, 9.17) is 11.2 Å². The topological polar surface area (TPSA) is 111 Å². The van der Waals surface area contributed by atoms with Gasteiger partial charge in [0.15, 0.2) is 11.6 Å². The predicted octanol–water partition coefficient (Wildman–Crippen LogP) is 2.16. The van der Waals surface area contributed by atoms with Crippen LogP contribution >= 0.6 is 15.9 Å². The van der Waals surface area contributed by atoms with Crippen molar-refractivity contribution >= 4 is 37.8 Å². The number of esters is 1. The lowest BCUT2D eigenvalue weighted by molar-refractivity contribution is -0.141. The number of hydrogen-bond acceptors (Lipinski definition) is 6. The Morgan fingerprint density at radius 2 is 1.75 bits per heavy atom. The van der Waals surface area contributed by atoms with Gasteiger partial charge in [-0.3, -0.25) is 9.59 Å². The van der Waals surface area contributed by atoms with E-state index >= 15 is 0 Å². The summed E-state index contributed by atoms with van der Waals surface area (Å²) < 4.78 is 39.5. The number of amides is 1. The molecule has 2 rings (SSSR count). The highest BCUT2D eigenvalue weighted by Crippen LogP contribution is 2.25. The van der Waals surface area contributed by atoms with E-state index in [9.17, 15) is 18.0 Å². The highest BCUT2D eigenvalue weighted by Gasteiger charge is 2.43. The van der Waals surface area contributed by atoms with Crippen LogP contribution in [0.5, 0.6) is 5.75 Å². The summed E-state index contributed by atoms with van der Waals surface area (Å²) in [5, 5.41) is 2.33. The van der Waals surface area contributed by atoms with E-state index in [1.54, 1.807) is 36.4 Å². The molecule has 0 radical (unpaired) electrons. The normalized spacial score (nSPS) is 13.8. The third-order valence-electron chi connectivity index (χ3n) is 4.48. The van der Waals surface area contributed by atoms with Crippen LogP contribution in [-0.4, -0.2) is 45.6 Å². The number of halogens is 1. The summed E-state index contributed by atoms with van der Waals surface area (Å²) in [6.45, 7) is 2.74. The summed E-state index contributed by atoms with van der Waals surface area (Å²) in [4.78, 5) is 24.4. The largest absolute Gasteiger partial charge is 0.473 e. The van der Waals surface area contributed by atoms with Crippen molar-refractivity contribution in [2.24, 2.45) is 0 Å². The lowest BCUT2D eigenvalue weighted by Gasteiger charge is -2.33. The highest BCUT2D eigenvalue weighted by atomic mass is 79.9. The van der Waals surface area contributed by atoms with Gasteiger partial charge in [-0.2, -0.15) is 4.72 Å². The second kappa shape index (κ2) is 10.6. The summed E-state index contributed by atoms with van der Waals surface area (Å²) in [5.74, 6) is 1.11. The van der Waals surface area contributed by atoms with E-state index in [0.717, 1.165) is 17.1 Å². The molecule has 10 heteroatoms. The van der Waals surface area contributed by atoms with Crippen LogP contribution in [0.15, 0.2) is 57.9 Å². The van der Waals surface area contributed by atoms with Crippen LogP contribution in [0.2, 0.25) is 0 Å². The fourth-order valence-corrected chi connectivity index (χ4v) is 4.15. The Bertz CT molecular complexity index is 1110. The Hall–Kier alpha value is -2.87. The molecule has 0 bridgehead atoms. The zero-order valence-electron chi connectivity index (χ0n) is 17.7. The quantitative estimate of drug-likeness (QED) is 0.385. The lowest BCUT2D eigenvalue weighted by Crippen LogP contribution is -2.61. The molecule has 2 aromatic rings. The van der Waals surface area contributed by atoms with E-state index in [1.165, 1.54) is 19.1 Å². The van der Waals surface area contributed by atoms with Gasteiger partial charge in [-0.05, 0) is 50.2 Å². The lowest BCUT2D eigenvalue weighted by atomic mass is 9.97. The molecule has 0 saturated carbocycles. The number of terminal acetylenes is 1. The first-order chi connectivity index (χ1) is 15.0. The second-order valence-corrected chi connectivity index (χ2v) is 9.60. The number of hydrogen-bond donors (Lipinski definition) is 2. The number of nitrogens with one attached hydrogen (secondary N) is 2. The van der Waals surface area contributed by atoms with Crippen molar-refractivity contribution in [1.82, 2.24) is 10.0 Å². The molecule has 0 unspecified atom stereocenters. The van der Waals surface area contributed by atoms with Gasteiger partial charge < -0.3 is 14.8 Å². The average molecular weight is 523 g/mol. The number of carbonyl (C=O) groups is 2. The van der Waals surface area contributed by atoms with E-state index in [0.29, 0.717) is 5.75 Å².